The topological polar surface area (TPSA) is 45.7 Å². The van der Waals surface area contributed by atoms with Crippen LogP contribution in [0.5, 0.6) is 0 Å². The van der Waals surface area contributed by atoms with Gasteiger partial charge in [-0.25, -0.2) is 4.98 Å². The van der Waals surface area contributed by atoms with Crippen LogP contribution in [0.25, 0.3) is 16.3 Å². The molecular weight excluding hydrogens is 418 g/mol. The number of anilines is 1. The van der Waals surface area contributed by atoms with Crippen LogP contribution in [-0.2, 0) is 9.53 Å². The van der Waals surface area contributed by atoms with Gasteiger partial charge < -0.3 is 4.74 Å². The summed E-state index contributed by atoms with van der Waals surface area (Å²) in [7, 11) is 0. The standard InChI is InChI=1S/C23H25N3O2S.ClH/c1-18-6-5-9-20-22(18)24-23(29-20)26(13-12-25-14-16-28-17-15-25)21(27)11-10-19-7-3-2-4-8-19;/h2-11H,12-17H2,1H3;1H/b11-10+;. The van der Waals surface area contributed by atoms with Crippen molar-refractivity contribution in [1.82, 2.24) is 9.88 Å². The van der Waals surface area contributed by atoms with Crippen LogP contribution in [0.1, 0.15) is 11.1 Å². The van der Waals surface area contributed by atoms with Crippen molar-refractivity contribution < 1.29 is 9.53 Å². The van der Waals surface area contributed by atoms with Gasteiger partial charge in [-0.15, -0.1) is 12.4 Å². The van der Waals surface area contributed by atoms with Gasteiger partial charge in [-0.1, -0.05) is 53.8 Å². The molecule has 4 rings (SSSR count). The molecule has 7 heteroatoms. The zero-order chi connectivity index (χ0) is 20.1. The fraction of sp³-hybridized carbons (Fsp3) is 0.304. The molecule has 2 aromatic carbocycles. The summed E-state index contributed by atoms with van der Waals surface area (Å²) < 4.78 is 6.54. The van der Waals surface area contributed by atoms with Crippen molar-refractivity contribution >= 4 is 51.1 Å². The summed E-state index contributed by atoms with van der Waals surface area (Å²) in [6.07, 6.45) is 3.51. The first-order valence-electron chi connectivity index (χ1n) is 9.91. The molecule has 0 N–H and O–H groups in total. The second-order valence-corrected chi connectivity index (χ2v) is 8.12. The lowest BCUT2D eigenvalue weighted by molar-refractivity contribution is -0.114. The largest absolute Gasteiger partial charge is 0.379 e. The van der Waals surface area contributed by atoms with E-state index in [1.54, 1.807) is 22.3 Å². The number of fused-ring (bicyclic) bond motifs is 1. The van der Waals surface area contributed by atoms with Crippen molar-refractivity contribution in [2.75, 3.05) is 44.3 Å². The maximum absolute atomic E-state index is 13.1. The molecule has 0 radical (unpaired) electrons. The summed E-state index contributed by atoms with van der Waals surface area (Å²) in [6, 6.07) is 16.0. The summed E-state index contributed by atoms with van der Waals surface area (Å²) in [6.45, 7) is 6.78. The second kappa shape index (κ2) is 10.7. The molecule has 1 amide bonds. The van der Waals surface area contributed by atoms with Crippen LogP contribution < -0.4 is 4.90 Å². The first kappa shape index (κ1) is 22.4. The molecule has 30 heavy (non-hydrogen) atoms. The van der Waals surface area contributed by atoms with Crippen molar-refractivity contribution in [3.63, 3.8) is 0 Å². The minimum absolute atomic E-state index is 0. The number of halogens is 1. The fourth-order valence-electron chi connectivity index (χ4n) is 3.38. The molecule has 0 saturated carbocycles. The Kier molecular flexibility index (Phi) is 7.99. The zero-order valence-corrected chi connectivity index (χ0v) is 18.6. The molecule has 158 valence electrons. The number of amides is 1. The third-order valence-corrected chi connectivity index (χ3v) is 6.11. The molecule has 0 aliphatic carbocycles. The Labute approximate surface area is 187 Å². The molecule has 1 aliphatic rings. The summed E-state index contributed by atoms with van der Waals surface area (Å²) >= 11 is 1.57. The number of rotatable bonds is 6. The first-order chi connectivity index (χ1) is 14.2. The number of carbonyl (C=O) groups is 1. The number of benzene rings is 2. The van der Waals surface area contributed by atoms with E-state index < -0.39 is 0 Å². The van der Waals surface area contributed by atoms with Crippen molar-refractivity contribution in [2.45, 2.75) is 6.92 Å². The Morgan fingerprint density at radius 2 is 1.93 bits per heavy atom. The molecule has 5 nitrogen and oxygen atoms in total. The molecule has 1 fully saturated rings. The van der Waals surface area contributed by atoms with Gasteiger partial charge in [0.1, 0.15) is 0 Å². The van der Waals surface area contributed by atoms with E-state index in [1.807, 2.05) is 42.5 Å². The predicted octanol–water partition coefficient (Wildman–Crippen LogP) is 4.41. The minimum atomic E-state index is -0.0428. The minimum Gasteiger partial charge on any atom is -0.379 e. The zero-order valence-electron chi connectivity index (χ0n) is 17.0. The third kappa shape index (κ3) is 5.46. The molecule has 1 aromatic heterocycles. The van der Waals surface area contributed by atoms with Gasteiger partial charge in [0.05, 0.1) is 23.4 Å². The molecule has 0 unspecified atom stereocenters. The quantitative estimate of drug-likeness (QED) is 0.529. The van der Waals surface area contributed by atoms with E-state index in [1.165, 1.54) is 0 Å². The van der Waals surface area contributed by atoms with Gasteiger partial charge in [0.25, 0.3) is 5.91 Å². The Bertz CT molecular complexity index is 1000. The summed E-state index contributed by atoms with van der Waals surface area (Å²) in [4.78, 5) is 22.1. The highest BCUT2D eigenvalue weighted by Gasteiger charge is 2.20. The van der Waals surface area contributed by atoms with Crippen molar-refractivity contribution in [1.29, 1.82) is 0 Å². The van der Waals surface area contributed by atoms with Gasteiger partial charge >= 0.3 is 0 Å². The van der Waals surface area contributed by atoms with Gasteiger partial charge in [0.2, 0.25) is 0 Å². The van der Waals surface area contributed by atoms with E-state index in [0.29, 0.717) is 6.54 Å². The van der Waals surface area contributed by atoms with Crippen LogP contribution in [0.4, 0.5) is 5.13 Å². The number of nitrogens with zero attached hydrogens (tertiary/aromatic N) is 3. The Morgan fingerprint density at radius 1 is 1.17 bits per heavy atom. The van der Waals surface area contributed by atoms with Crippen molar-refractivity contribution in [3.05, 3.63) is 65.7 Å². The monoisotopic (exact) mass is 443 g/mol. The van der Waals surface area contributed by atoms with E-state index in [-0.39, 0.29) is 18.3 Å². The van der Waals surface area contributed by atoms with E-state index in [4.69, 9.17) is 9.72 Å². The lowest BCUT2D eigenvalue weighted by Crippen LogP contribution is -2.42. The summed E-state index contributed by atoms with van der Waals surface area (Å²) in [5.41, 5.74) is 3.11. The van der Waals surface area contributed by atoms with Crippen LogP contribution in [0.2, 0.25) is 0 Å². The molecule has 3 aromatic rings. The normalized spacial score (nSPS) is 14.7. The molecule has 0 bridgehead atoms. The van der Waals surface area contributed by atoms with E-state index in [0.717, 1.165) is 59.3 Å². The Hall–Kier alpha value is -2.25. The average molecular weight is 444 g/mol. The number of carbonyl (C=O) groups excluding carboxylic acids is 1. The SMILES string of the molecule is Cc1cccc2sc(N(CCN3CCOCC3)C(=O)/C=C/c3ccccc3)nc12.Cl. The highest BCUT2D eigenvalue weighted by atomic mass is 35.5. The number of aryl methyl sites for hydroxylation is 1. The molecule has 0 atom stereocenters. The predicted molar refractivity (Wildman–Crippen MR) is 127 cm³/mol. The van der Waals surface area contributed by atoms with Crippen LogP contribution in [0, 0.1) is 6.92 Å². The molecule has 1 saturated heterocycles. The van der Waals surface area contributed by atoms with Crippen molar-refractivity contribution in [3.8, 4) is 0 Å². The maximum Gasteiger partial charge on any atom is 0.252 e. The van der Waals surface area contributed by atoms with Gasteiger partial charge in [0, 0.05) is 32.3 Å². The maximum atomic E-state index is 13.1. The van der Waals surface area contributed by atoms with Crippen molar-refractivity contribution in [2.24, 2.45) is 0 Å². The number of aromatic nitrogens is 1. The van der Waals surface area contributed by atoms with E-state index in [2.05, 4.69) is 24.0 Å². The second-order valence-electron chi connectivity index (χ2n) is 7.11. The summed E-state index contributed by atoms with van der Waals surface area (Å²) in [5, 5.41) is 0.755. The number of ether oxygens (including phenoxy) is 1. The molecule has 1 aliphatic heterocycles. The fourth-order valence-corrected chi connectivity index (χ4v) is 4.45. The molecular formula is C23H26ClN3O2S. The van der Waals surface area contributed by atoms with Gasteiger partial charge in [-0.2, -0.15) is 0 Å². The first-order valence-corrected chi connectivity index (χ1v) is 10.7. The lowest BCUT2D eigenvalue weighted by atomic mass is 10.2. The molecule has 2 heterocycles. The van der Waals surface area contributed by atoms with Gasteiger partial charge in [0.15, 0.2) is 5.13 Å². The highest BCUT2D eigenvalue weighted by molar-refractivity contribution is 7.22. The lowest BCUT2D eigenvalue weighted by Gasteiger charge is -2.28. The van der Waals surface area contributed by atoms with Crippen LogP contribution in [0.15, 0.2) is 54.6 Å². The number of hydrogen-bond donors (Lipinski definition) is 0. The van der Waals surface area contributed by atoms with E-state index >= 15 is 0 Å². The Morgan fingerprint density at radius 3 is 2.67 bits per heavy atom. The number of thiazole rings is 1. The third-order valence-electron chi connectivity index (χ3n) is 5.07. The molecule has 0 spiro atoms. The smallest absolute Gasteiger partial charge is 0.252 e. The van der Waals surface area contributed by atoms with Crippen LogP contribution in [-0.4, -0.2) is 55.2 Å². The van der Waals surface area contributed by atoms with Crippen LogP contribution >= 0.6 is 23.7 Å². The summed E-state index contributed by atoms with van der Waals surface area (Å²) in [5.74, 6) is -0.0428. The number of morpholine rings is 1. The number of para-hydroxylation sites is 1. The number of hydrogen-bond acceptors (Lipinski definition) is 5. The van der Waals surface area contributed by atoms with E-state index in [9.17, 15) is 4.79 Å². The van der Waals surface area contributed by atoms with Gasteiger partial charge in [-0.05, 0) is 30.2 Å². The average Bonchev–Trinajstić information content (AvgIpc) is 3.19. The highest BCUT2D eigenvalue weighted by Crippen LogP contribution is 2.30. The Balaban J connectivity index is 0.00000256. The van der Waals surface area contributed by atoms with Crippen LogP contribution in [0.3, 0.4) is 0 Å². The van der Waals surface area contributed by atoms with Gasteiger partial charge in [-0.3, -0.25) is 14.6 Å².